The molecule has 1 atom stereocenters. The number of nitrogens with zero attached hydrogens (tertiary/aromatic N) is 1. The van der Waals surface area contributed by atoms with Crippen LogP contribution in [-0.2, 0) is 16.4 Å². The highest BCUT2D eigenvalue weighted by Crippen LogP contribution is 2.35. The van der Waals surface area contributed by atoms with E-state index in [1.54, 1.807) is 36.1 Å². The lowest BCUT2D eigenvalue weighted by molar-refractivity contribution is 0.0981. The summed E-state index contributed by atoms with van der Waals surface area (Å²) < 4.78 is 27.0. The Morgan fingerprint density at radius 2 is 2.04 bits per heavy atom. The maximum atomic E-state index is 13.0. The van der Waals surface area contributed by atoms with E-state index >= 15 is 0 Å². The lowest BCUT2D eigenvalue weighted by Gasteiger charge is -2.23. The van der Waals surface area contributed by atoms with Crippen molar-refractivity contribution in [2.45, 2.75) is 26.3 Å². The molecule has 1 amide bonds. The minimum Gasteiger partial charge on any atom is -0.305 e. The van der Waals surface area contributed by atoms with Gasteiger partial charge in [-0.3, -0.25) is 9.52 Å². The van der Waals surface area contributed by atoms with Crippen molar-refractivity contribution in [1.29, 1.82) is 0 Å². The number of amides is 1. The number of hydrogen-bond donors (Lipinski definition) is 1. The standard InChI is InChI=1S/C18H19BrN2O3S/c1-3-25(23,24)20-16-6-4-5-13(11-16)18(22)21-12(2)9-14-10-15(19)7-8-17(14)21/h4-8,10-12,20H,3,9H2,1-2H3/t12-/m1/s1. The molecule has 3 rings (SSSR count). The first-order valence-electron chi connectivity index (χ1n) is 8.03. The zero-order valence-corrected chi connectivity index (χ0v) is 16.4. The van der Waals surface area contributed by atoms with Crippen LogP contribution in [0.25, 0.3) is 0 Å². The number of carbonyl (C=O) groups excluding carboxylic acids is 1. The van der Waals surface area contributed by atoms with Crippen molar-refractivity contribution in [3.8, 4) is 0 Å². The van der Waals surface area contributed by atoms with Gasteiger partial charge in [0.1, 0.15) is 0 Å². The number of rotatable bonds is 4. The SMILES string of the molecule is CCS(=O)(=O)Nc1cccc(C(=O)N2c3ccc(Br)cc3C[C@H]2C)c1. The first-order valence-corrected chi connectivity index (χ1v) is 10.5. The van der Waals surface area contributed by atoms with Crippen LogP contribution in [0.3, 0.4) is 0 Å². The van der Waals surface area contributed by atoms with E-state index in [2.05, 4.69) is 20.7 Å². The first-order chi connectivity index (χ1) is 11.8. The Labute approximate surface area is 156 Å². The average Bonchev–Trinajstić information content (AvgIpc) is 2.89. The third-order valence-electron chi connectivity index (χ3n) is 4.24. The smallest absolute Gasteiger partial charge is 0.258 e. The van der Waals surface area contributed by atoms with Crippen LogP contribution in [0.15, 0.2) is 46.9 Å². The Bertz CT molecular complexity index is 928. The maximum Gasteiger partial charge on any atom is 0.258 e. The van der Waals surface area contributed by atoms with Crippen LogP contribution in [0.4, 0.5) is 11.4 Å². The number of halogens is 1. The Morgan fingerprint density at radius 3 is 2.76 bits per heavy atom. The van der Waals surface area contributed by atoms with Crippen LogP contribution >= 0.6 is 15.9 Å². The van der Waals surface area contributed by atoms with E-state index in [-0.39, 0.29) is 17.7 Å². The monoisotopic (exact) mass is 422 g/mol. The minimum absolute atomic E-state index is 0.0173. The normalized spacial score (nSPS) is 16.6. The van der Waals surface area contributed by atoms with E-state index in [0.29, 0.717) is 11.3 Å². The summed E-state index contributed by atoms with van der Waals surface area (Å²) in [4.78, 5) is 14.8. The predicted octanol–water partition coefficient (Wildman–Crippen LogP) is 3.80. The molecule has 0 aliphatic carbocycles. The number of sulfonamides is 1. The summed E-state index contributed by atoms with van der Waals surface area (Å²) in [5.41, 5.74) is 2.88. The van der Waals surface area contributed by atoms with Crippen molar-refractivity contribution in [1.82, 2.24) is 0 Å². The molecule has 5 nitrogen and oxygen atoms in total. The van der Waals surface area contributed by atoms with Gasteiger partial charge in [-0.05, 0) is 62.2 Å². The fourth-order valence-corrected chi connectivity index (χ4v) is 4.05. The summed E-state index contributed by atoms with van der Waals surface area (Å²) in [6.45, 7) is 3.58. The van der Waals surface area contributed by atoms with Gasteiger partial charge in [0.25, 0.3) is 5.91 Å². The van der Waals surface area contributed by atoms with E-state index < -0.39 is 10.0 Å². The highest BCUT2D eigenvalue weighted by molar-refractivity contribution is 9.10. The van der Waals surface area contributed by atoms with Crippen molar-refractivity contribution < 1.29 is 13.2 Å². The van der Waals surface area contributed by atoms with Crippen molar-refractivity contribution in [3.05, 3.63) is 58.1 Å². The molecule has 0 bridgehead atoms. The van der Waals surface area contributed by atoms with Gasteiger partial charge in [-0.15, -0.1) is 0 Å². The zero-order chi connectivity index (χ0) is 18.2. The Hall–Kier alpha value is -1.86. The molecule has 1 N–H and O–H groups in total. The van der Waals surface area contributed by atoms with E-state index in [0.717, 1.165) is 22.1 Å². The summed E-state index contributed by atoms with van der Waals surface area (Å²) >= 11 is 3.46. The summed E-state index contributed by atoms with van der Waals surface area (Å²) in [7, 11) is -3.38. The molecule has 25 heavy (non-hydrogen) atoms. The summed E-state index contributed by atoms with van der Waals surface area (Å²) in [6, 6.07) is 12.5. The van der Waals surface area contributed by atoms with E-state index in [4.69, 9.17) is 0 Å². The van der Waals surface area contributed by atoms with Crippen LogP contribution < -0.4 is 9.62 Å². The Morgan fingerprint density at radius 1 is 1.28 bits per heavy atom. The molecule has 0 saturated carbocycles. The van der Waals surface area contributed by atoms with Crippen LogP contribution in [0.1, 0.15) is 29.8 Å². The third kappa shape index (κ3) is 3.72. The molecule has 1 heterocycles. The fraction of sp³-hybridized carbons (Fsp3) is 0.278. The molecule has 132 valence electrons. The van der Waals surface area contributed by atoms with Crippen molar-refractivity contribution in [3.63, 3.8) is 0 Å². The summed E-state index contributed by atoms with van der Waals surface area (Å²) in [6.07, 6.45) is 0.794. The molecule has 0 unspecified atom stereocenters. The van der Waals surface area contributed by atoms with Gasteiger partial charge in [0.15, 0.2) is 0 Å². The van der Waals surface area contributed by atoms with Gasteiger partial charge < -0.3 is 4.90 Å². The van der Waals surface area contributed by atoms with Gasteiger partial charge in [0.05, 0.1) is 5.75 Å². The van der Waals surface area contributed by atoms with Crippen LogP contribution in [0, 0.1) is 0 Å². The molecule has 0 spiro atoms. The van der Waals surface area contributed by atoms with E-state index in [1.165, 1.54) is 0 Å². The van der Waals surface area contributed by atoms with Crippen LogP contribution in [-0.4, -0.2) is 26.1 Å². The molecule has 0 radical (unpaired) electrons. The first kappa shape index (κ1) is 17.9. The highest BCUT2D eigenvalue weighted by Gasteiger charge is 2.31. The van der Waals surface area contributed by atoms with Gasteiger partial charge in [-0.1, -0.05) is 22.0 Å². The topological polar surface area (TPSA) is 66.5 Å². The highest BCUT2D eigenvalue weighted by atomic mass is 79.9. The van der Waals surface area contributed by atoms with Crippen molar-refractivity contribution >= 4 is 43.2 Å². The van der Waals surface area contributed by atoms with Crippen LogP contribution in [0.5, 0.6) is 0 Å². The number of anilines is 2. The second-order valence-corrected chi connectivity index (χ2v) is 9.01. The molecule has 1 aliphatic heterocycles. The van der Waals surface area contributed by atoms with Gasteiger partial charge in [-0.25, -0.2) is 8.42 Å². The zero-order valence-electron chi connectivity index (χ0n) is 14.0. The number of carbonyl (C=O) groups is 1. The number of nitrogens with one attached hydrogen (secondary N) is 1. The molecule has 0 fully saturated rings. The fourth-order valence-electron chi connectivity index (χ4n) is 3.02. The third-order valence-corrected chi connectivity index (χ3v) is 6.04. The van der Waals surface area contributed by atoms with Crippen molar-refractivity contribution in [2.75, 3.05) is 15.4 Å². The molecule has 7 heteroatoms. The second kappa shape index (κ2) is 6.80. The number of fused-ring (bicyclic) bond motifs is 1. The quantitative estimate of drug-likeness (QED) is 0.814. The second-order valence-electron chi connectivity index (χ2n) is 6.09. The molecule has 2 aromatic rings. The van der Waals surface area contributed by atoms with Gasteiger partial charge in [-0.2, -0.15) is 0 Å². The molecular formula is C18H19BrN2O3S. The maximum absolute atomic E-state index is 13.0. The summed E-state index contributed by atoms with van der Waals surface area (Å²) in [5.74, 6) is -0.150. The minimum atomic E-state index is -3.38. The Kier molecular flexibility index (Phi) is 4.88. The number of benzene rings is 2. The molecule has 2 aromatic carbocycles. The average molecular weight is 423 g/mol. The van der Waals surface area contributed by atoms with Crippen molar-refractivity contribution in [2.24, 2.45) is 0 Å². The number of hydrogen-bond acceptors (Lipinski definition) is 3. The van der Waals surface area contributed by atoms with E-state index in [1.807, 2.05) is 25.1 Å². The largest absolute Gasteiger partial charge is 0.305 e. The predicted molar refractivity (Wildman–Crippen MR) is 104 cm³/mol. The Balaban J connectivity index is 1.92. The van der Waals surface area contributed by atoms with Gasteiger partial charge in [0.2, 0.25) is 10.0 Å². The van der Waals surface area contributed by atoms with Gasteiger partial charge >= 0.3 is 0 Å². The molecular weight excluding hydrogens is 404 g/mol. The lowest BCUT2D eigenvalue weighted by atomic mass is 10.1. The summed E-state index contributed by atoms with van der Waals surface area (Å²) in [5, 5.41) is 0. The van der Waals surface area contributed by atoms with Gasteiger partial charge in [0, 0.05) is 27.5 Å². The molecule has 0 saturated heterocycles. The molecule has 1 aliphatic rings. The lowest BCUT2D eigenvalue weighted by Crippen LogP contribution is -2.35. The van der Waals surface area contributed by atoms with Crippen LogP contribution in [0.2, 0.25) is 0 Å². The molecule has 0 aromatic heterocycles. The van der Waals surface area contributed by atoms with E-state index in [9.17, 15) is 13.2 Å².